The zero-order chi connectivity index (χ0) is 12.5. The molecule has 1 aromatic rings. The second-order valence-electron chi connectivity index (χ2n) is 5.19. The zero-order valence-electron chi connectivity index (χ0n) is 10.7. The molecule has 0 aliphatic carbocycles. The standard InChI is InChI=1S/C13H20N4/c1-10(2)8-17-12(14)16-9-13(17,3)11-5-4-6-15-7-11/h4-7,10H,8-9H2,1-3H3,(H2,14,16). The van der Waals surface area contributed by atoms with Crippen molar-refractivity contribution < 1.29 is 0 Å². The SMILES string of the molecule is CC(C)CN1C(N)=NCC1(C)c1cccnc1. The highest BCUT2D eigenvalue weighted by Crippen LogP contribution is 2.32. The van der Waals surface area contributed by atoms with E-state index in [1.165, 1.54) is 5.56 Å². The maximum Gasteiger partial charge on any atom is 0.192 e. The normalized spacial score (nSPS) is 24.2. The maximum atomic E-state index is 6.00. The Labute approximate surface area is 103 Å². The van der Waals surface area contributed by atoms with Gasteiger partial charge in [0.25, 0.3) is 0 Å². The summed E-state index contributed by atoms with van der Waals surface area (Å²) in [6.07, 6.45) is 3.69. The minimum Gasteiger partial charge on any atom is -0.370 e. The van der Waals surface area contributed by atoms with Crippen LogP contribution in [0, 0.1) is 5.92 Å². The number of rotatable bonds is 3. The first kappa shape index (κ1) is 11.9. The highest BCUT2D eigenvalue weighted by molar-refractivity contribution is 5.81. The molecule has 0 amide bonds. The van der Waals surface area contributed by atoms with Gasteiger partial charge in [-0.1, -0.05) is 19.9 Å². The lowest BCUT2D eigenvalue weighted by Crippen LogP contribution is -2.49. The number of hydrogen-bond donors (Lipinski definition) is 1. The van der Waals surface area contributed by atoms with Crippen LogP contribution in [0.4, 0.5) is 0 Å². The zero-order valence-corrected chi connectivity index (χ0v) is 10.7. The molecule has 4 heteroatoms. The highest BCUT2D eigenvalue weighted by Gasteiger charge is 2.39. The van der Waals surface area contributed by atoms with Gasteiger partial charge in [0.05, 0.1) is 12.1 Å². The summed E-state index contributed by atoms with van der Waals surface area (Å²) in [5.74, 6) is 1.20. The predicted molar refractivity (Wildman–Crippen MR) is 69.6 cm³/mol. The molecular weight excluding hydrogens is 212 g/mol. The molecule has 0 bridgehead atoms. The molecule has 1 unspecified atom stereocenters. The molecule has 2 rings (SSSR count). The third-order valence-corrected chi connectivity index (χ3v) is 3.25. The van der Waals surface area contributed by atoms with Crippen molar-refractivity contribution in [3.63, 3.8) is 0 Å². The summed E-state index contributed by atoms with van der Waals surface area (Å²) in [4.78, 5) is 10.8. The summed E-state index contributed by atoms with van der Waals surface area (Å²) in [6, 6.07) is 4.05. The monoisotopic (exact) mass is 232 g/mol. The van der Waals surface area contributed by atoms with Gasteiger partial charge in [-0.3, -0.25) is 9.98 Å². The van der Waals surface area contributed by atoms with Gasteiger partial charge in [0.2, 0.25) is 0 Å². The summed E-state index contributed by atoms with van der Waals surface area (Å²) < 4.78 is 0. The van der Waals surface area contributed by atoms with Gasteiger partial charge >= 0.3 is 0 Å². The van der Waals surface area contributed by atoms with E-state index >= 15 is 0 Å². The number of nitrogens with two attached hydrogens (primary N) is 1. The Hall–Kier alpha value is -1.58. The number of pyridine rings is 1. The lowest BCUT2D eigenvalue weighted by atomic mass is 9.92. The van der Waals surface area contributed by atoms with E-state index in [9.17, 15) is 0 Å². The minimum absolute atomic E-state index is 0.150. The molecule has 1 aliphatic rings. The van der Waals surface area contributed by atoms with Gasteiger partial charge in [0, 0.05) is 18.9 Å². The van der Waals surface area contributed by atoms with Crippen molar-refractivity contribution in [2.45, 2.75) is 26.3 Å². The summed E-state index contributed by atoms with van der Waals surface area (Å²) in [6.45, 7) is 8.18. The summed E-state index contributed by atoms with van der Waals surface area (Å²) in [5, 5.41) is 0. The van der Waals surface area contributed by atoms with Gasteiger partial charge in [-0.25, -0.2) is 0 Å². The lowest BCUT2D eigenvalue weighted by Gasteiger charge is -2.37. The molecule has 0 radical (unpaired) electrons. The van der Waals surface area contributed by atoms with Crippen LogP contribution in [-0.2, 0) is 5.54 Å². The van der Waals surface area contributed by atoms with E-state index in [4.69, 9.17) is 5.73 Å². The van der Waals surface area contributed by atoms with Crippen LogP contribution in [0.5, 0.6) is 0 Å². The van der Waals surface area contributed by atoms with Crippen LogP contribution < -0.4 is 5.73 Å². The Bertz CT molecular complexity index is 413. The third kappa shape index (κ3) is 2.12. The van der Waals surface area contributed by atoms with E-state index in [1.807, 2.05) is 12.3 Å². The Morgan fingerprint density at radius 1 is 1.53 bits per heavy atom. The number of guanidine groups is 1. The number of aromatic nitrogens is 1. The fraction of sp³-hybridized carbons (Fsp3) is 0.538. The second kappa shape index (κ2) is 4.35. The molecule has 1 atom stereocenters. The third-order valence-electron chi connectivity index (χ3n) is 3.25. The Morgan fingerprint density at radius 2 is 2.29 bits per heavy atom. The van der Waals surface area contributed by atoms with E-state index in [1.54, 1.807) is 6.20 Å². The van der Waals surface area contributed by atoms with Crippen LogP contribution in [-0.4, -0.2) is 28.9 Å². The minimum atomic E-state index is -0.150. The number of aliphatic imine (C=N–C) groups is 1. The van der Waals surface area contributed by atoms with E-state index in [2.05, 4.69) is 41.7 Å². The van der Waals surface area contributed by atoms with Crippen LogP contribution in [0.3, 0.4) is 0 Å². The summed E-state index contributed by atoms with van der Waals surface area (Å²) >= 11 is 0. The molecule has 0 saturated heterocycles. The van der Waals surface area contributed by atoms with Gasteiger partial charge in [-0.05, 0) is 24.5 Å². The lowest BCUT2D eigenvalue weighted by molar-refractivity contribution is 0.204. The van der Waals surface area contributed by atoms with Crippen molar-refractivity contribution in [2.24, 2.45) is 16.6 Å². The number of nitrogens with zero attached hydrogens (tertiary/aromatic N) is 3. The van der Waals surface area contributed by atoms with Crippen molar-refractivity contribution in [1.82, 2.24) is 9.88 Å². The molecule has 0 aromatic carbocycles. The van der Waals surface area contributed by atoms with Gasteiger partial charge < -0.3 is 10.6 Å². The summed E-state index contributed by atoms with van der Waals surface area (Å²) in [7, 11) is 0. The molecule has 92 valence electrons. The smallest absolute Gasteiger partial charge is 0.192 e. The molecular formula is C13H20N4. The Morgan fingerprint density at radius 3 is 2.88 bits per heavy atom. The first-order valence-electron chi connectivity index (χ1n) is 6.02. The van der Waals surface area contributed by atoms with Crippen LogP contribution in [0.2, 0.25) is 0 Å². The van der Waals surface area contributed by atoms with Crippen LogP contribution in [0.1, 0.15) is 26.3 Å². The Kier molecular flexibility index (Phi) is 3.05. The molecule has 2 N–H and O–H groups in total. The topological polar surface area (TPSA) is 54.5 Å². The summed E-state index contributed by atoms with van der Waals surface area (Å²) in [5.41, 5.74) is 7.02. The van der Waals surface area contributed by atoms with E-state index in [0.717, 1.165) is 6.54 Å². The maximum absolute atomic E-state index is 6.00. The van der Waals surface area contributed by atoms with Crippen LogP contribution >= 0.6 is 0 Å². The van der Waals surface area contributed by atoms with Crippen molar-refractivity contribution in [2.75, 3.05) is 13.1 Å². The first-order valence-corrected chi connectivity index (χ1v) is 6.02. The van der Waals surface area contributed by atoms with Crippen LogP contribution in [0.25, 0.3) is 0 Å². The molecule has 17 heavy (non-hydrogen) atoms. The van der Waals surface area contributed by atoms with Gasteiger partial charge in [-0.15, -0.1) is 0 Å². The van der Waals surface area contributed by atoms with E-state index < -0.39 is 0 Å². The molecule has 2 heterocycles. The average Bonchev–Trinajstić information content (AvgIpc) is 2.59. The quantitative estimate of drug-likeness (QED) is 0.861. The van der Waals surface area contributed by atoms with Gasteiger partial charge in [-0.2, -0.15) is 0 Å². The molecule has 1 aliphatic heterocycles. The van der Waals surface area contributed by atoms with E-state index in [-0.39, 0.29) is 5.54 Å². The number of hydrogen-bond acceptors (Lipinski definition) is 4. The molecule has 0 fully saturated rings. The largest absolute Gasteiger partial charge is 0.370 e. The van der Waals surface area contributed by atoms with E-state index in [0.29, 0.717) is 18.4 Å². The molecule has 4 nitrogen and oxygen atoms in total. The van der Waals surface area contributed by atoms with Crippen molar-refractivity contribution >= 4 is 5.96 Å². The van der Waals surface area contributed by atoms with Gasteiger partial charge in [0.15, 0.2) is 5.96 Å². The van der Waals surface area contributed by atoms with Crippen molar-refractivity contribution in [3.8, 4) is 0 Å². The highest BCUT2D eigenvalue weighted by atomic mass is 15.4. The fourth-order valence-electron chi connectivity index (χ4n) is 2.25. The average molecular weight is 232 g/mol. The molecule has 0 spiro atoms. The second-order valence-corrected chi connectivity index (χ2v) is 5.19. The van der Waals surface area contributed by atoms with Gasteiger partial charge in [0.1, 0.15) is 0 Å². The first-order chi connectivity index (χ1) is 8.04. The molecule has 0 saturated carbocycles. The molecule has 1 aromatic heterocycles. The fourth-order valence-corrected chi connectivity index (χ4v) is 2.25. The van der Waals surface area contributed by atoms with Crippen molar-refractivity contribution in [3.05, 3.63) is 30.1 Å². The Balaban J connectivity index is 2.31. The van der Waals surface area contributed by atoms with Crippen molar-refractivity contribution in [1.29, 1.82) is 0 Å². The predicted octanol–water partition coefficient (Wildman–Crippen LogP) is 1.58. The van der Waals surface area contributed by atoms with Crippen LogP contribution in [0.15, 0.2) is 29.5 Å².